The van der Waals surface area contributed by atoms with Crippen LogP contribution in [0.5, 0.6) is 5.75 Å². The zero-order valence-corrected chi connectivity index (χ0v) is 14.4. The van der Waals surface area contributed by atoms with E-state index < -0.39 is 0 Å². The van der Waals surface area contributed by atoms with Crippen molar-refractivity contribution >= 4 is 11.8 Å². The van der Waals surface area contributed by atoms with E-state index in [2.05, 4.69) is 42.2 Å². The second-order valence-corrected chi connectivity index (χ2v) is 6.49. The Morgan fingerprint density at radius 3 is 2.67 bits per heavy atom. The SMILES string of the molecule is Cc1ccc(-n2cnnc2SCCOc2ccc(F)cc2)c(C)c1. The summed E-state index contributed by atoms with van der Waals surface area (Å²) in [5.41, 5.74) is 3.48. The van der Waals surface area contributed by atoms with Crippen LogP contribution < -0.4 is 4.74 Å². The van der Waals surface area contributed by atoms with Crippen LogP contribution >= 0.6 is 11.8 Å². The molecule has 0 saturated carbocycles. The van der Waals surface area contributed by atoms with Crippen molar-refractivity contribution in [1.29, 1.82) is 0 Å². The molecule has 3 aromatic rings. The number of hydrogen-bond acceptors (Lipinski definition) is 4. The van der Waals surface area contributed by atoms with Crippen molar-refractivity contribution in [3.05, 3.63) is 65.7 Å². The van der Waals surface area contributed by atoms with E-state index in [4.69, 9.17) is 4.74 Å². The molecule has 2 aromatic carbocycles. The zero-order valence-electron chi connectivity index (χ0n) is 13.6. The summed E-state index contributed by atoms with van der Waals surface area (Å²) in [7, 11) is 0. The fourth-order valence-electron chi connectivity index (χ4n) is 2.39. The number of halogens is 1. The Labute approximate surface area is 144 Å². The molecule has 0 aliphatic carbocycles. The quantitative estimate of drug-likeness (QED) is 0.497. The van der Waals surface area contributed by atoms with Crippen molar-refractivity contribution in [2.75, 3.05) is 12.4 Å². The summed E-state index contributed by atoms with van der Waals surface area (Å²) in [6, 6.07) is 12.3. The van der Waals surface area contributed by atoms with Gasteiger partial charge in [-0.3, -0.25) is 4.57 Å². The van der Waals surface area contributed by atoms with Crippen LogP contribution in [0, 0.1) is 19.7 Å². The van der Waals surface area contributed by atoms with Crippen LogP contribution in [0.1, 0.15) is 11.1 Å². The number of thioether (sulfide) groups is 1. The second-order valence-electron chi connectivity index (χ2n) is 5.42. The molecule has 0 bridgehead atoms. The molecule has 0 unspecified atom stereocenters. The molecule has 0 atom stereocenters. The molecule has 0 saturated heterocycles. The van der Waals surface area contributed by atoms with Crippen LogP contribution in [0.3, 0.4) is 0 Å². The minimum atomic E-state index is -0.265. The molecule has 0 spiro atoms. The number of hydrogen-bond donors (Lipinski definition) is 0. The van der Waals surface area contributed by atoms with Crippen LogP contribution in [0.4, 0.5) is 4.39 Å². The van der Waals surface area contributed by atoms with Gasteiger partial charge in [-0.1, -0.05) is 29.5 Å². The van der Waals surface area contributed by atoms with Gasteiger partial charge >= 0.3 is 0 Å². The van der Waals surface area contributed by atoms with E-state index in [0.717, 1.165) is 16.6 Å². The lowest BCUT2D eigenvalue weighted by atomic mass is 10.1. The highest BCUT2D eigenvalue weighted by atomic mass is 32.2. The number of rotatable bonds is 6. The Bertz CT molecular complexity index is 817. The highest BCUT2D eigenvalue weighted by molar-refractivity contribution is 7.99. The lowest BCUT2D eigenvalue weighted by Crippen LogP contribution is -2.03. The summed E-state index contributed by atoms with van der Waals surface area (Å²) >= 11 is 1.57. The van der Waals surface area contributed by atoms with Crippen LogP contribution in [0.2, 0.25) is 0 Å². The van der Waals surface area contributed by atoms with Crippen molar-refractivity contribution in [1.82, 2.24) is 14.8 Å². The third-order valence-electron chi connectivity index (χ3n) is 3.53. The highest BCUT2D eigenvalue weighted by Crippen LogP contribution is 2.22. The Balaban J connectivity index is 1.60. The molecule has 4 nitrogen and oxygen atoms in total. The molecule has 124 valence electrons. The molecule has 1 heterocycles. The number of aryl methyl sites for hydroxylation is 2. The highest BCUT2D eigenvalue weighted by Gasteiger charge is 2.09. The fourth-order valence-corrected chi connectivity index (χ4v) is 3.13. The first-order valence-electron chi connectivity index (χ1n) is 7.62. The Kier molecular flexibility index (Phi) is 5.15. The number of ether oxygens (including phenoxy) is 1. The van der Waals surface area contributed by atoms with Gasteiger partial charge in [-0.25, -0.2) is 4.39 Å². The van der Waals surface area contributed by atoms with Gasteiger partial charge in [0.25, 0.3) is 0 Å². The van der Waals surface area contributed by atoms with Crippen LogP contribution in [-0.4, -0.2) is 27.1 Å². The van der Waals surface area contributed by atoms with E-state index in [1.54, 1.807) is 30.2 Å². The molecular weight excluding hydrogens is 325 g/mol. The summed E-state index contributed by atoms with van der Waals surface area (Å²) in [5, 5.41) is 9.03. The minimum absolute atomic E-state index is 0.265. The second kappa shape index (κ2) is 7.49. The first kappa shape index (κ1) is 16.5. The van der Waals surface area contributed by atoms with E-state index in [1.165, 1.54) is 23.3 Å². The molecule has 0 aliphatic rings. The average molecular weight is 343 g/mol. The average Bonchev–Trinajstić information content (AvgIpc) is 3.01. The summed E-state index contributed by atoms with van der Waals surface area (Å²) in [5.74, 6) is 1.12. The smallest absolute Gasteiger partial charge is 0.195 e. The van der Waals surface area contributed by atoms with Gasteiger partial charge in [-0.05, 0) is 49.7 Å². The molecule has 6 heteroatoms. The Morgan fingerprint density at radius 2 is 1.92 bits per heavy atom. The summed E-state index contributed by atoms with van der Waals surface area (Å²) < 4.78 is 20.4. The van der Waals surface area contributed by atoms with Crippen LogP contribution in [-0.2, 0) is 0 Å². The molecule has 0 amide bonds. The number of benzene rings is 2. The maximum Gasteiger partial charge on any atom is 0.195 e. The summed E-state index contributed by atoms with van der Waals surface area (Å²) in [6.45, 7) is 4.66. The topological polar surface area (TPSA) is 39.9 Å². The van der Waals surface area contributed by atoms with Gasteiger partial charge in [-0.2, -0.15) is 0 Å². The van der Waals surface area contributed by atoms with Crippen molar-refractivity contribution < 1.29 is 9.13 Å². The molecule has 0 radical (unpaired) electrons. The predicted molar refractivity (Wildman–Crippen MR) is 93.5 cm³/mol. The van der Waals surface area contributed by atoms with Crippen molar-refractivity contribution in [2.24, 2.45) is 0 Å². The third-order valence-corrected chi connectivity index (χ3v) is 4.43. The molecule has 1 aromatic heterocycles. The monoisotopic (exact) mass is 343 g/mol. The maximum absolute atomic E-state index is 12.8. The first-order valence-corrected chi connectivity index (χ1v) is 8.61. The van der Waals surface area contributed by atoms with Crippen LogP contribution in [0.25, 0.3) is 5.69 Å². The van der Waals surface area contributed by atoms with Crippen molar-refractivity contribution in [3.63, 3.8) is 0 Å². The Morgan fingerprint density at radius 1 is 1.12 bits per heavy atom. The van der Waals surface area contributed by atoms with E-state index in [0.29, 0.717) is 12.4 Å². The van der Waals surface area contributed by atoms with Gasteiger partial charge in [0.1, 0.15) is 17.9 Å². The molecule has 3 rings (SSSR count). The Hall–Kier alpha value is -2.34. The number of nitrogens with zero attached hydrogens (tertiary/aromatic N) is 3. The molecular formula is C18H18FN3OS. The van der Waals surface area contributed by atoms with E-state index in [-0.39, 0.29) is 5.82 Å². The van der Waals surface area contributed by atoms with Gasteiger partial charge in [-0.15, -0.1) is 10.2 Å². The van der Waals surface area contributed by atoms with E-state index >= 15 is 0 Å². The normalized spacial score (nSPS) is 10.8. The lowest BCUT2D eigenvalue weighted by Gasteiger charge is -2.10. The van der Waals surface area contributed by atoms with Gasteiger partial charge < -0.3 is 4.74 Å². The minimum Gasteiger partial charge on any atom is -0.493 e. The van der Waals surface area contributed by atoms with E-state index in [9.17, 15) is 4.39 Å². The summed E-state index contributed by atoms with van der Waals surface area (Å²) in [4.78, 5) is 0. The van der Waals surface area contributed by atoms with Gasteiger partial charge in [0.05, 0.1) is 12.3 Å². The fraction of sp³-hybridized carbons (Fsp3) is 0.222. The van der Waals surface area contributed by atoms with Gasteiger partial charge in [0.15, 0.2) is 5.16 Å². The predicted octanol–water partition coefficient (Wildman–Crippen LogP) is 4.19. The summed E-state index contributed by atoms with van der Waals surface area (Å²) in [6.07, 6.45) is 1.72. The standard InChI is InChI=1S/C18H18FN3OS/c1-13-3-8-17(14(2)11-13)22-12-20-21-18(22)24-10-9-23-16-6-4-15(19)5-7-16/h3-8,11-12H,9-10H2,1-2H3. The molecule has 24 heavy (non-hydrogen) atoms. The lowest BCUT2D eigenvalue weighted by molar-refractivity contribution is 0.343. The number of aromatic nitrogens is 3. The molecule has 0 N–H and O–H groups in total. The van der Waals surface area contributed by atoms with Gasteiger partial charge in [0.2, 0.25) is 0 Å². The van der Waals surface area contributed by atoms with Crippen molar-refractivity contribution in [2.45, 2.75) is 19.0 Å². The third kappa shape index (κ3) is 3.94. The van der Waals surface area contributed by atoms with Crippen LogP contribution in [0.15, 0.2) is 53.9 Å². The first-order chi connectivity index (χ1) is 11.6. The molecule has 0 aliphatic heterocycles. The van der Waals surface area contributed by atoms with Gasteiger partial charge in [0, 0.05) is 5.75 Å². The molecule has 0 fully saturated rings. The largest absolute Gasteiger partial charge is 0.493 e. The zero-order chi connectivity index (χ0) is 16.9. The maximum atomic E-state index is 12.8. The van der Waals surface area contributed by atoms with E-state index in [1.807, 2.05) is 4.57 Å². The van der Waals surface area contributed by atoms with Crippen molar-refractivity contribution in [3.8, 4) is 11.4 Å².